The summed E-state index contributed by atoms with van der Waals surface area (Å²) in [6, 6.07) is 4.44. The lowest BCUT2D eigenvalue weighted by Gasteiger charge is -2.22. The number of nitrogens with zero attached hydrogens (tertiary/aromatic N) is 3. The summed E-state index contributed by atoms with van der Waals surface area (Å²) >= 11 is 0. The monoisotopic (exact) mass is 311 g/mol. The first-order valence-electron chi connectivity index (χ1n) is 9.03. The van der Waals surface area contributed by atoms with Gasteiger partial charge in [0.2, 0.25) is 0 Å². The van der Waals surface area contributed by atoms with Crippen molar-refractivity contribution in [2.24, 2.45) is 0 Å². The number of hydrogen-bond acceptors (Lipinski definition) is 2. The number of pyridine rings is 1. The van der Waals surface area contributed by atoms with E-state index in [1.165, 1.54) is 49.1 Å². The maximum atomic E-state index is 4.94. The lowest BCUT2D eigenvalue weighted by atomic mass is 9.86. The van der Waals surface area contributed by atoms with Crippen molar-refractivity contribution in [3.8, 4) is 5.69 Å². The third-order valence-electron chi connectivity index (χ3n) is 5.26. The van der Waals surface area contributed by atoms with E-state index in [1.807, 2.05) is 0 Å². The highest BCUT2D eigenvalue weighted by molar-refractivity contribution is 5.42. The number of hydrogen-bond donors (Lipinski definition) is 0. The SMILES string of the molecule is Cc1nc(C2CCCCC2)ccc1-n1nc(C)c(C(C)C)c1C. The van der Waals surface area contributed by atoms with E-state index in [4.69, 9.17) is 10.1 Å². The first kappa shape index (κ1) is 16.2. The van der Waals surface area contributed by atoms with Crippen molar-refractivity contribution in [3.63, 3.8) is 0 Å². The zero-order chi connectivity index (χ0) is 16.6. The van der Waals surface area contributed by atoms with Gasteiger partial charge in [-0.15, -0.1) is 0 Å². The average Bonchev–Trinajstić information content (AvgIpc) is 2.82. The summed E-state index contributed by atoms with van der Waals surface area (Å²) in [5.41, 5.74) is 7.23. The Morgan fingerprint density at radius 1 is 1.00 bits per heavy atom. The Hall–Kier alpha value is -1.64. The standard InChI is InChI=1S/C20H29N3/c1-13(2)20-15(4)22-23(16(20)5)19-12-11-18(21-14(19)3)17-9-7-6-8-10-17/h11-13,17H,6-10H2,1-5H3. The third-order valence-corrected chi connectivity index (χ3v) is 5.26. The van der Waals surface area contributed by atoms with Crippen LogP contribution in [0.1, 0.15) is 86.1 Å². The molecule has 0 bridgehead atoms. The molecule has 0 unspecified atom stereocenters. The van der Waals surface area contributed by atoms with E-state index >= 15 is 0 Å². The molecule has 1 aliphatic carbocycles. The highest BCUT2D eigenvalue weighted by Crippen LogP contribution is 2.33. The molecular weight excluding hydrogens is 282 g/mol. The van der Waals surface area contributed by atoms with Crippen molar-refractivity contribution in [1.82, 2.24) is 14.8 Å². The molecule has 3 heteroatoms. The molecule has 0 atom stereocenters. The normalized spacial score (nSPS) is 16.3. The summed E-state index contributed by atoms with van der Waals surface area (Å²) in [6.07, 6.45) is 6.67. The molecule has 124 valence electrons. The van der Waals surface area contributed by atoms with Gasteiger partial charge in [-0.05, 0) is 57.2 Å². The van der Waals surface area contributed by atoms with Crippen molar-refractivity contribution in [1.29, 1.82) is 0 Å². The Labute approximate surface area is 140 Å². The summed E-state index contributed by atoms with van der Waals surface area (Å²) in [5.74, 6) is 1.15. The largest absolute Gasteiger partial charge is 0.256 e. The lowest BCUT2D eigenvalue weighted by molar-refractivity contribution is 0.436. The molecule has 3 nitrogen and oxygen atoms in total. The van der Waals surface area contributed by atoms with Gasteiger partial charge in [0.1, 0.15) is 0 Å². The predicted molar refractivity (Wildman–Crippen MR) is 95.5 cm³/mol. The molecule has 0 spiro atoms. The molecule has 2 aromatic rings. The van der Waals surface area contributed by atoms with Gasteiger partial charge < -0.3 is 0 Å². The molecule has 2 aromatic heterocycles. The molecule has 0 aromatic carbocycles. The molecule has 3 rings (SSSR count). The van der Waals surface area contributed by atoms with Crippen molar-refractivity contribution in [2.75, 3.05) is 0 Å². The topological polar surface area (TPSA) is 30.7 Å². The van der Waals surface area contributed by atoms with E-state index < -0.39 is 0 Å². The van der Waals surface area contributed by atoms with E-state index in [0.29, 0.717) is 11.8 Å². The lowest BCUT2D eigenvalue weighted by Crippen LogP contribution is -2.10. The quantitative estimate of drug-likeness (QED) is 0.763. The van der Waals surface area contributed by atoms with Crippen LogP contribution in [0.5, 0.6) is 0 Å². The summed E-state index contributed by atoms with van der Waals surface area (Å²) < 4.78 is 2.08. The van der Waals surface area contributed by atoms with Crippen LogP contribution in [0.4, 0.5) is 0 Å². The molecule has 1 fully saturated rings. The van der Waals surface area contributed by atoms with E-state index in [-0.39, 0.29) is 0 Å². The highest BCUT2D eigenvalue weighted by atomic mass is 15.3. The highest BCUT2D eigenvalue weighted by Gasteiger charge is 2.20. The smallest absolute Gasteiger partial charge is 0.0861 e. The van der Waals surface area contributed by atoms with Crippen LogP contribution in [0.15, 0.2) is 12.1 Å². The molecule has 2 heterocycles. The molecule has 23 heavy (non-hydrogen) atoms. The molecule has 0 amide bonds. The van der Waals surface area contributed by atoms with E-state index in [2.05, 4.69) is 51.4 Å². The summed E-state index contributed by atoms with van der Waals surface area (Å²) in [4.78, 5) is 4.94. The van der Waals surface area contributed by atoms with Gasteiger partial charge in [0, 0.05) is 17.3 Å². The first-order valence-corrected chi connectivity index (χ1v) is 9.03. The van der Waals surface area contributed by atoms with Crippen molar-refractivity contribution in [2.45, 2.75) is 78.6 Å². The minimum Gasteiger partial charge on any atom is -0.256 e. The summed E-state index contributed by atoms with van der Waals surface area (Å²) in [6.45, 7) is 10.9. The first-order chi connectivity index (χ1) is 11.0. The molecule has 1 saturated carbocycles. The average molecular weight is 311 g/mol. The Bertz CT molecular complexity index is 691. The summed E-state index contributed by atoms with van der Waals surface area (Å²) in [5, 5.41) is 4.78. The van der Waals surface area contributed by atoms with Crippen LogP contribution in [0.25, 0.3) is 5.69 Å². The van der Waals surface area contributed by atoms with E-state index in [0.717, 1.165) is 17.1 Å². The fraction of sp³-hybridized carbons (Fsp3) is 0.600. The van der Waals surface area contributed by atoms with Crippen LogP contribution < -0.4 is 0 Å². The third kappa shape index (κ3) is 3.06. The number of rotatable bonds is 3. The summed E-state index contributed by atoms with van der Waals surface area (Å²) in [7, 11) is 0. The fourth-order valence-electron chi connectivity index (χ4n) is 4.15. The van der Waals surface area contributed by atoms with Crippen LogP contribution in [-0.4, -0.2) is 14.8 Å². The second kappa shape index (κ2) is 6.46. The van der Waals surface area contributed by atoms with Crippen LogP contribution in [0, 0.1) is 20.8 Å². The maximum Gasteiger partial charge on any atom is 0.0861 e. The van der Waals surface area contributed by atoms with Gasteiger partial charge in [0.25, 0.3) is 0 Å². The second-order valence-corrected chi connectivity index (χ2v) is 7.33. The fourth-order valence-corrected chi connectivity index (χ4v) is 4.15. The molecule has 1 aliphatic rings. The van der Waals surface area contributed by atoms with Crippen LogP contribution in [0.3, 0.4) is 0 Å². The van der Waals surface area contributed by atoms with Gasteiger partial charge in [-0.1, -0.05) is 33.1 Å². The predicted octanol–water partition coefficient (Wildman–Crippen LogP) is 5.36. The molecule has 0 N–H and O–H groups in total. The van der Waals surface area contributed by atoms with Gasteiger partial charge in [-0.3, -0.25) is 4.98 Å². The molecule has 0 saturated heterocycles. The zero-order valence-corrected chi connectivity index (χ0v) is 15.2. The van der Waals surface area contributed by atoms with Gasteiger partial charge in [-0.25, -0.2) is 4.68 Å². The van der Waals surface area contributed by atoms with Crippen molar-refractivity contribution in [3.05, 3.63) is 40.5 Å². The zero-order valence-electron chi connectivity index (χ0n) is 15.2. The number of aromatic nitrogens is 3. The van der Waals surface area contributed by atoms with Gasteiger partial charge in [0.05, 0.1) is 17.1 Å². The Balaban J connectivity index is 1.96. The van der Waals surface area contributed by atoms with Crippen LogP contribution in [0.2, 0.25) is 0 Å². The minimum atomic E-state index is 0.499. The van der Waals surface area contributed by atoms with Gasteiger partial charge in [-0.2, -0.15) is 5.10 Å². The molecule has 0 aliphatic heterocycles. The Morgan fingerprint density at radius 2 is 1.70 bits per heavy atom. The van der Waals surface area contributed by atoms with E-state index in [1.54, 1.807) is 0 Å². The number of aryl methyl sites for hydroxylation is 2. The van der Waals surface area contributed by atoms with Crippen LogP contribution in [-0.2, 0) is 0 Å². The van der Waals surface area contributed by atoms with Gasteiger partial charge in [0.15, 0.2) is 0 Å². The molecular formula is C20H29N3. The van der Waals surface area contributed by atoms with Crippen LogP contribution >= 0.6 is 0 Å². The minimum absolute atomic E-state index is 0.499. The Kier molecular flexibility index (Phi) is 4.56. The Morgan fingerprint density at radius 3 is 2.26 bits per heavy atom. The maximum absolute atomic E-state index is 4.94. The van der Waals surface area contributed by atoms with Gasteiger partial charge >= 0.3 is 0 Å². The van der Waals surface area contributed by atoms with Crippen molar-refractivity contribution >= 4 is 0 Å². The molecule has 0 radical (unpaired) electrons. The van der Waals surface area contributed by atoms with E-state index in [9.17, 15) is 0 Å². The van der Waals surface area contributed by atoms with Crippen molar-refractivity contribution < 1.29 is 0 Å². The second-order valence-electron chi connectivity index (χ2n) is 7.33.